The molecule has 2 atom stereocenters. The number of nitrogens with zero attached hydrogens (tertiary/aromatic N) is 3. The molecule has 39 heavy (non-hydrogen) atoms. The molecule has 15 heteroatoms. The smallest absolute Gasteiger partial charge is 0.421 e. The molecule has 0 saturated carbocycles. The van der Waals surface area contributed by atoms with Crippen molar-refractivity contribution < 1.29 is 45.9 Å². The number of fused-ring (bicyclic) bond motifs is 2. The molecule has 3 aliphatic rings. The Morgan fingerprint density at radius 3 is 2.41 bits per heavy atom. The number of ether oxygens (including phenoxy) is 1. The van der Waals surface area contributed by atoms with Crippen LogP contribution in [0.2, 0.25) is 0 Å². The number of nitrogens with one attached hydrogen (secondary N) is 1. The maximum Gasteiger partial charge on any atom is 0.421 e. The van der Waals surface area contributed by atoms with Crippen LogP contribution < -0.4 is 5.32 Å². The van der Waals surface area contributed by atoms with Crippen LogP contribution in [-0.4, -0.2) is 103 Å². The molecule has 2 N–H and O–H groups in total. The monoisotopic (exact) mass is 576 g/mol. The van der Waals surface area contributed by atoms with Crippen molar-refractivity contribution in [2.75, 3.05) is 32.8 Å². The first-order valence-corrected chi connectivity index (χ1v) is 14.8. The Morgan fingerprint density at radius 1 is 1.08 bits per heavy atom. The van der Waals surface area contributed by atoms with Crippen molar-refractivity contribution in [1.29, 1.82) is 0 Å². The molecular formula is C24H40N4O10S. The van der Waals surface area contributed by atoms with Crippen molar-refractivity contribution in [3.63, 3.8) is 0 Å². The Hall–Kier alpha value is -2.65. The number of hydrogen-bond donors (Lipinski definition) is 2. The second-order valence-corrected chi connectivity index (χ2v) is 12.1. The minimum atomic E-state index is -4.69. The third-order valence-electron chi connectivity index (χ3n) is 7.26. The molecule has 0 unspecified atom stereocenters. The van der Waals surface area contributed by atoms with Gasteiger partial charge in [0.25, 0.3) is 0 Å². The SMILES string of the molecule is CCCCCCOC(=O)C(C)(C)COS(=O)(=O)ON1C(=O)N2C[C@H]1CC[C@H]2C(=O)NC1CCN(C(=O)O)CC1. The zero-order valence-electron chi connectivity index (χ0n) is 22.8. The molecule has 4 amide bonds. The fraction of sp³-hybridized carbons (Fsp3) is 0.833. The normalized spacial score (nSPS) is 22.2. The first kappa shape index (κ1) is 30.9. The van der Waals surface area contributed by atoms with Crippen LogP contribution in [0.25, 0.3) is 0 Å². The van der Waals surface area contributed by atoms with Crippen LogP contribution in [0.4, 0.5) is 9.59 Å². The van der Waals surface area contributed by atoms with Crippen molar-refractivity contribution in [2.24, 2.45) is 5.41 Å². The Labute approximate surface area is 229 Å². The fourth-order valence-electron chi connectivity index (χ4n) is 4.80. The lowest BCUT2D eigenvalue weighted by atomic mass is 9.95. The molecule has 0 aromatic rings. The van der Waals surface area contributed by atoms with Gasteiger partial charge < -0.3 is 25.0 Å². The summed E-state index contributed by atoms with van der Waals surface area (Å²) in [5.41, 5.74) is -1.26. The number of carbonyl (C=O) groups is 4. The number of unbranched alkanes of at least 4 members (excludes halogenated alkanes) is 3. The van der Waals surface area contributed by atoms with Gasteiger partial charge in [-0.15, -0.1) is 4.28 Å². The molecule has 0 aliphatic carbocycles. The van der Waals surface area contributed by atoms with Gasteiger partial charge in [0.15, 0.2) is 0 Å². The molecule has 3 aliphatic heterocycles. The number of amides is 4. The van der Waals surface area contributed by atoms with E-state index in [1.807, 2.05) is 0 Å². The molecule has 3 rings (SSSR count). The summed E-state index contributed by atoms with van der Waals surface area (Å²) in [6, 6.07) is -2.36. The average Bonchev–Trinajstić information content (AvgIpc) is 3.11. The van der Waals surface area contributed by atoms with Crippen LogP contribution >= 0.6 is 0 Å². The van der Waals surface area contributed by atoms with Crippen molar-refractivity contribution in [3.8, 4) is 0 Å². The van der Waals surface area contributed by atoms with E-state index in [1.165, 1.54) is 23.6 Å². The Balaban J connectivity index is 1.49. The molecule has 14 nitrogen and oxygen atoms in total. The van der Waals surface area contributed by atoms with Gasteiger partial charge in [-0.3, -0.25) is 9.59 Å². The van der Waals surface area contributed by atoms with E-state index in [-0.39, 0.29) is 25.1 Å². The maximum absolute atomic E-state index is 13.0. The second kappa shape index (κ2) is 13.1. The number of carbonyl (C=O) groups excluding carboxylic acids is 3. The summed E-state index contributed by atoms with van der Waals surface area (Å²) in [4.78, 5) is 51.9. The number of hydroxylamine groups is 2. The van der Waals surface area contributed by atoms with Gasteiger partial charge in [-0.05, 0) is 46.0 Å². The summed E-state index contributed by atoms with van der Waals surface area (Å²) in [6.07, 6.45) is 4.32. The van der Waals surface area contributed by atoms with E-state index < -0.39 is 52.6 Å². The van der Waals surface area contributed by atoms with Crippen molar-refractivity contribution in [2.45, 2.75) is 90.3 Å². The van der Waals surface area contributed by atoms with E-state index in [0.717, 1.165) is 25.7 Å². The lowest BCUT2D eigenvalue weighted by Crippen LogP contribution is -2.54. The number of rotatable bonds is 13. The number of urea groups is 1. The van der Waals surface area contributed by atoms with Crippen molar-refractivity contribution >= 4 is 34.4 Å². The minimum Gasteiger partial charge on any atom is -0.465 e. The predicted octanol–water partition coefficient (Wildman–Crippen LogP) is 1.86. The van der Waals surface area contributed by atoms with Crippen LogP contribution in [-0.2, 0) is 33.2 Å². The zero-order valence-corrected chi connectivity index (χ0v) is 23.6. The molecule has 0 aromatic carbocycles. The van der Waals surface area contributed by atoms with Crippen LogP contribution in [0.15, 0.2) is 0 Å². The Kier molecular flexibility index (Phi) is 10.4. The highest BCUT2D eigenvalue weighted by atomic mass is 32.3. The summed E-state index contributed by atoms with van der Waals surface area (Å²) < 4.78 is 40.2. The summed E-state index contributed by atoms with van der Waals surface area (Å²) in [7, 11) is -4.69. The maximum atomic E-state index is 13.0. The van der Waals surface area contributed by atoms with E-state index in [4.69, 9.17) is 18.3 Å². The van der Waals surface area contributed by atoms with Crippen molar-refractivity contribution in [3.05, 3.63) is 0 Å². The Morgan fingerprint density at radius 2 is 1.77 bits per heavy atom. The summed E-state index contributed by atoms with van der Waals surface area (Å²) >= 11 is 0. The predicted molar refractivity (Wildman–Crippen MR) is 136 cm³/mol. The molecule has 0 spiro atoms. The quantitative estimate of drug-likeness (QED) is 0.243. The molecule has 3 heterocycles. The number of hydrogen-bond acceptors (Lipinski definition) is 9. The number of likely N-dealkylation sites (tertiary alicyclic amines) is 1. The average molecular weight is 577 g/mol. The summed E-state index contributed by atoms with van der Waals surface area (Å²) in [6.45, 7) is 5.48. The highest BCUT2D eigenvalue weighted by Crippen LogP contribution is 2.31. The topological polar surface area (TPSA) is 172 Å². The highest BCUT2D eigenvalue weighted by molar-refractivity contribution is 7.81. The highest BCUT2D eigenvalue weighted by Gasteiger charge is 2.50. The van der Waals surface area contributed by atoms with Gasteiger partial charge in [-0.25, -0.2) is 13.8 Å². The third-order valence-corrected chi connectivity index (χ3v) is 8.01. The van der Waals surface area contributed by atoms with Crippen LogP contribution in [0, 0.1) is 5.41 Å². The van der Waals surface area contributed by atoms with Crippen LogP contribution in [0.5, 0.6) is 0 Å². The molecular weight excluding hydrogens is 536 g/mol. The largest absolute Gasteiger partial charge is 0.465 e. The summed E-state index contributed by atoms with van der Waals surface area (Å²) in [5.74, 6) is -0.970. The Bertz CT molecular complexity index is 1010. The van der Waals surface area contributed by atoms with Gasteiger partial charge in [0, 0.05) is 25.7 Å². The molecule has 0 radical (unpaired) electrons. The number of piperidine rings is 2. The van der Waals surface area contributed by atoms with Gasteiger partial charge >= 0.3 is 28.5 Å². The standard InChI is InChI=1S/C24H40N4O10S/c1-4-5-6-7-14-36-21(30)24(2,3)16-37-39(34,35)38-28-18-8-9-19(27(15-18)22(28)31)20(29)25-17-10-12-26(13-11-17)23(32)33/h17-19H,4-16H2,1-3H3,(H,25,29)(H,32,33)/t18-,19+/m1/s1. The van der Waals surface area contributed by atoms with Crippen LogP contribution in [0.3, 0.4) is 0 Å². The number of carboxylic acid groups (broad SMARTS) is 1. The van der Waals surface area contributed by atoms with Gasteiger partial charge in [-0.2, -0.15) is 13.5 Å². The summed E-state index contributed by atoms with van der Waals surface area (Å²) in [5, 5.41) is 12.7. The second-order valence-electron chi connectivity index (χ2n) is 10.9. The van der Waals surface area contributed by atoms with Crippen molar-refractivity contribution in [1.82, 2.24) is 20.2 Å². The van der Waals surface area contributed by atoms with Crippen LogP contribution in [0.1, 0.15) is 72.1 Å². The van der Waals surface area contributed by atoms with E-state index in [2.05, 4.69) is 12.2 Å². The molecule has 222 valence electrons. The minimum absolute atomic E-state index is 0.111. The number of esters is 1. The zero-order chi connectivity index (χ0) is 28.8. The van der Waals surface area contributed by atoms with Gasteiger partial charge in [-0.1, -0.05) is 26.2 Å². The third kappa shape index (κ3) is 8.18. The van der Waals surface area contributed by atoms with Gasteiger partial charge in [0.1, 0.15) is 6.04 Å². The van der Waals surface area contributed by atoms with Gasteiger partial charge in [0.2, 0.25) is 5.91 Å². The van der Waals surface area contributed by atoms with E-state index in [1.54, 1.807) is 0 Å². The molecule has 2 bridgehead atoms. The van der Waals surface area contributed by atoms with E-state index in [9.17, 15) is 27.6 Å². The fourth-order valence-corrected chi connectivity index (χ4v) is 5.67. The molecule has 3 fully saturated rings. The first-order chi connectivity index (χ1) is 18.3. The lowest BCUT2D eigenvalue weighted by molar-refractivity contribution is -0.156. The van der Waals surface area contributed by atoms with E-state index >= 15 is 0 Å². The lowest BCUT2D eigenvalue weighted by Gasteiger charge is -2.34. The molecule has 3 saturated heterocycles. The van der Waals surface area contributed by atoms with E-state index in [0.29, 0.717) is 43.8 Å². The first-order valence-electron chi connectivity index (χ1n) is 13.5. The molecule has 0 aromatic heterocycles. The van der Waals surface area contributed by atoms with Gasteiger partial charge in [0.05, 0.1) is 24.7 Å².